The molecule has 8 nitrogen and oxygen atoms in total. The van der Waals surface area contributed by atoms with E-state index in [1.54, 1.807) is 18.6 Å². The number of pyridine rings is 1. The summed E-state index contributed by atoms with van der Waals surface area (Å²) < 4.78 is 5.94. The fourth-order valence-electron chi connectivity index (χ4n) is 4.42. The van der Waals surface area contributed by atoms with Gasteiger partial charge in [0, 0.05) is 12.4 Å². The van der Waals surface area contributed by atoms with Gasteiger partial charge in [-0.15, -0.1) is 11.8 Å². The Morgan fingerprint density at radius 1 is 1.31 bits per heavy atom. The van der Waals surface area contributed by atoms with Crippen LogP contribution in [0.25, 0.3) is 6.08 Å². The Hall–Kier alpha value is -1.49. The summed E-state index contributed by atoms with van der Waals surface area (Å²) in [6.45, 7) is 4.63. The van der Waals surface area contributed by atoms with Crippen LogP contribution in [0.15, 0.2) is 30.6 Å². The van der Waals surface area contributed by atoms with E-state index in [4.69, 9.17) is 4.74 Å². The number of aromatic nitrogens is 1. The number of aliphatic hydroxyl groups is 3. The van der Waals surface area contributed by atoms with Gasteiger partial charge in [-0.05, 0) is 55.7 Å². The van der Waals surface area contributed by atoms with E-state index in [0.29, 0.717) is 12.8 Å². The first kappa shape index (κ1) is 25.1. The zero-order chi connectivity index (χ0) is 23.3. The van der Waals surface area contributed by atoms with Gasteiger partial charge in [-0.2, -0.15) is 0 Å². The Balaban J connectivity index is 1.75. The van der Waals surface area contributed by atoms with Crippen LogP contribution in [0.5, 0.6) is 0 Å². The number of nitrogens with zero attached hydrogens (tertiary/aromatic N) is 1. The Morgan fingerprint density at radius 2 is 2.03 bits per heavy atom. The van der Waals surface area contributed by atoms with E-state index in [0.717, 1.165) is 18.5 Å². The predicted molar refractivity (Wildman–Crippen MR) is 125 cm³/mol. The van der Waals surface area contributed by atoms with Gasteiger partial charge >= 0.3 is 0 Å². The highest BCUT2D eigenvalue weighted by atomic mass is 32.2. The summed E-state index contributed by atoms with van der Waals surface area (Å²) in [4.78, 5) is 17.5. The molecule has 7 atom stereocenters. The van der Waals surface area contributed by atoms with Crippen LogP contribution in [-0.4, -0.2) is 80.4 Å². The molecule has 1 aromatic rings. The number of thioether (sulfide) groups is 1. The van der Waals surface area contributed by atoms with Crippen LogP contribution in [0, 0.1) is 5.92 Å². The number of aliphatic hydroxyl groups excluding tert-OH is 3. The molecule has 178 valence electrons. The quantitative estimate of drug-likeness (QED) is 0.384. The molecule has 7 unspecified atom stereocenters. The van der Waals surface area contributed by atoms with Crippen LogP contribution in [0.1, 0.15) is 38.7 Å². The van der Waals surface area contributed by atoms with Crippen molar-refractivity contribution in [2.24, 2.45) is 5.92 Å². The molecule has 0 spiro atoms. The van der Waals surface area contributed by atoms with Gasteiger partial charge in [0.2, 0.25) is 5.91 Å². The van der Waals surface area contributed by atoms with Crippen molar-refractivity contribution in [1.82, 2.24) is 15.6 Å². The Bertz CT molecular complexity index is 770. The van der Waals surface area contributed by atoms with Gasteiger partial charge in [0.1, 0.15) is 35.4 Å². The molecular formula is C23H35N3O5S. The van der Waals surface area contributed by atoms with Gasteiger partial charge in [-0.25, -0.2) is 0 Å². The Labute approximate surface area is 193 Å². The monoisotopic (exact) mass is 465 g/mol. The normalized spacial score (nSPS) is 34.2. The zero-order valence-corrected chi connectivity index (χ0v) is 19.7. The number of carbonyl (C=O) groups is 1. The minimum Gasteiger partial charge on any atom is -0.388 e. The van der Waals surface area contributed by atoms with Crippen molar-refractivity contribution < 1.29 is 24.9 Å². The first-order chi connectivity index (χ1) is 15.3. The molecule has 2 saturated heterocycles. The average Bonchev–Trinajstić information content (AvgIpc) is 3.27. The molecule has 0 bridgehead atoms. The van der Waals surface area contributed by atoms with Crippen LogP contribution < -0.4 is 10.6 Å². The molecular weight excluding hydrogens is 430 g/mol. The summed E-state index contributed by atoms with van der Waals surface area (Å²) in [6, 6.07) is 3.28. The minimum atomic E-state index is -1.34. The van der Waals surface area contributed by atoms with Crippen LogP contribution in [0.2, 0.25) is 0 Å². The lowest BCUT2D eigenvalue weighted by Crippen LogP contribution is -2.66. The second-order valence-electron chi connectivity index (χ2n) is 8.92. The lowest BCUT2D eigenvalue weighted by Gasteiger charge is -2.45. The number of nitrogens with one attached hydrogen (secondary N) is 2. The molecule has 0 radical (unpaired) electrons. The van der Waals surface area contributed by atoms with E-state index in [1.807, 2.05) is 38.1 Å². The molecule has 2 aliphatic heterocycles. The molecule has 1 amide bonds. The zero-order valence-electron chi connectivity index (χ0n) is 18.8. The van der Waals surface area contributed by atoms with Crippen molar-refractivity contribution in [2.45, 2.75) is 74.5 Å². The average molecular weight is 466 g/mol. The number of amides is 1. The third-order valence-corrected chi connectivity index (χ3v) is 7.22. The molecule has 3 heterocycles. The van der Waals surface area contributed by atoms with E-state index < -0.39 is 41.4 Å². The smallest absolute Gasteiger partial charge is 0.240 e. The van der Waals surface area contributed by atoms with Gasteiger partial charge in [0.05, 0.1) is 6.04 Å². The van der Waals surface area contributed by atoms with Gasteiger partial charge in [0.15, 0.2) is 0 Å². The molecule has 5 N–H and O–H groups in total. The second-order valence-corrected chi connectivity index (χ2v) is 9.86. The lowest BCUT2D eigenvalue weighted by molar-refractivity contribution is -0.208. The van der Waals surface area contributed by atoms with Crippen LogP contribution in [-0.2, 0) is 9.53 Å². The lowest BCUT2D eigenvalue weighted by atomic mass is 9.86. The number of carbonyl (C=O) groups excluding carboxylic acids is 1. The topological polar surface area (TPSA) is 124 Å². The molecule has 2 aliphatic rings. The van der Waals surface area contributed by atoms with E-state index >= 15 is 0 Å². The summed E-state index contributed by atoms with van der Waals surface area (Å²) in [6.07, 6.45) is 6.64. The molecule has 0 aromatic carbocycles. The third-order valence-electron chi connectivity index (χ3n) is 6.37. The first-order valence-electron chi connectivity index (χ1n) is 11.1. The van der Waals surface area contributed by atoms with E-state index in [2.05, 4.69) is 15.6 Å². The van der Waals surface area contributed by atoms with Crippen molar-refractivity contribution in [3.05, 3.63) is 36.2 Å². The number of hydrogen-bond donors (Lipinski definition) is 5. The highest BCUT2D eigenvalue weighted by Crippen LogP contribution is 2.31. The van der Waals surface area contributed by atoms with E-state index in [-0.39, 0.29) is 11.8 Å². The standard InChI is InChI=1S/C23H35N3O5S/c1-14(2)16(20-18(28)17(27)19(29)21(31-20)32-3)26-22(30)23(10-5-11-25-23)9-4-6-15-7-12-24-13-8-15/h4,6-8,12-14,16-21,25,27-29H,5,9-11H2,1-3H3,(H,26,30)/b6-4+. The molecule has 2 fully saturated rings. The second kappa shape index (κ2) is 11.1. The summed E-state index contributed by atoms with van der Waals surface area (Å²) in [5.41, 5.74) is -0.408. The largest absolute Gasteiger partial charge is 0.388 e. The summed E-state index contributed by atoms with van der Waals surface area (Å²) in [5.74, 6) is -0.209. The van der Waals surface area contributed by atoms with Crippen LogP contribution in [0.3, 0.4) is 0 Å². The SMILES string of the molecule is CSC1OC(C(NC(=O)C2(C/C=C/c3ccncc3)CCCN2)C(C)C)C(O)C(O)C1O. The maximum Gasteiger partial charge on any atom is 0.240 e. The first-order valence-corrected chi connectivity index (χ1v) is 12.4. The molecule has 3 rings (SSSR count). The Kier molecular flexibility index (Phi) is 8.71. The van der Waals surface area contributed by atoms with Crippen molar-refractivity contribution in [2.75, 3.05) is 12.8 Å². The van der Waals surface area contributed by atoms with Crippen molar-refractivity contribution in [3.63, 3.8) is 0 Å². The number of hydrogen-bond acceptors (Lipinski definition) is 8. The molecule has 32 heavy (non-hydrogen) atoms. The van der Waals surface area contributed by atoms with Crippen molar-refractivity contribution >= 4 is 23.7 Å². The molecule has 0 saturated carbocycles. The maximum absolute atomic E-state index is 13.5. The van der Waals surface area contributed by atoms with Crippen LogP contribution >= 0.6 is 11.8 Å². The van der Waals surface area contributed by atoms with Gasteiger partial charge in [-0.3, -0.25) is 9.78 Å². The van der Waals surface area contributed by atoms with E-state index in [9.17, 15) is 20.1 Å². The summed E-state index contributed by atoms with van der Waals surface area (Å²) in [5, 5.41) is 37.6. The fourth-order valence-corrected chi connectivity index (χ4v) is 5.10. The molecule has 9 heteroatoms. The van der Waals surface area contributed by atoms with Crippen LogP contribution in [0.4, 0.5) is 0 Å². The Morgan fingerprint density at radius 3 is 2.62 bits per heavy atom. The maximum atomic E-state index is 13.5. The third kappa shape index (κ3) is 5.52. The van der Waals surface area contributed by atoms with Gasteiger partial charge in [-0.1, -0.05) is 26.0 Å². The van der Waals surface area contributed by atoms with E-state index in [1.165, 1.54) is 11.8 Å². The minimum absolute atomic E-state index is 0.0608. The highest BCUT2D eigenvalue weighted by Gasteiger charge is 2.49. The summed E-state index contributed by atoms with van der Waals surface area (Å²) >= 11 is 1.26. The highest BCUT2D eigenvalue weighted by molar-refractivity contribution is 7.99. The molecule has 1 aromatic heterocycles. The number of ether oxygens (including phenoxy) is 1. The predicted octanol–water partition coefficient (Wildman–Crippen LogP) is 0.919. The van der Waals surface area contributed by atoms with Crippen molar-refractivity contribution in [1.29, 1.82) is 0 Å². The fraction of sp³-hybridized carbons (Fsp3) is 0.652. The van der Waals surface area contributed by atoms with Gasteiger partial charge < -0.3 is 30.7 Å². The summed E-state index contributed by atoms with van der Waals surface area (Å²) in [7, 11) is 0. The van der Waals surface area contributed by atoms with Gasteiger partial charge in [0.25, 0.3) is 0 Å². The van der Waals surface area contributed by atoms with Crippen molar-refractivity contribution in [3.8, 4) is 0 Å². The number of rotatable bonds is 8. The molecule has 0 aliphatic carbocycles.